The molecule has 2 atom stereocenters. The van der Waals surface area contributed by atoms with Crippen LogP contribution in [0.2, 0.25) is 0 Å². The minimum absolute atomic E-state index is 0.0389. The first kappa shape index (κ1) is 21.4. The quantitative estimate of drug-likeness (QED) is 0.660. The summed E-state index contributed by atoms with van der Waals surface area (Å²) in [6, 6.07) is 13.8. The molecule has 0 aromatic heterocycles. The van der Waals surface area contributed by atoms with E-state index in [1.165, 1.54) is 18.2 Å². The highest BCUT2D eigenvalue weighted by molar-refractivity contribution is 6.02. The Kier molecular flexibility index (Phi) is 6.15. The predicted molar refractivity (Wildman–Crippen MR) is 111 cm³/mol. The average Bonchev–Trinajstić information content (AvgIpc) is 3.07. The van der Waals surface area contributed by atoms with E-state index in [1.54, 1.807) is 63.2 Å². The number of carbonyl (C=O) groups excluding carboxylic acids is 3. The number of nitrogens with zero attached hydrogens (tertiary/aromatic N) is 1. The van der Waals surface area contributed by atoms with Crippen molar-refractivity contribution in [3.8, 4) is 0 Å². The first-order chi connectivity index (χ1) is 14.2. The molecule has 2 aromatic carbocycles. The van der Waals surface area contributed by atoms with Gasteiger partial charge in [-0.15, -0.1) is 0 Å². The third-order valence-electron chi connectivity index (χ3n) is 4.77. The van der Waals surface area contributed by atoms with Crippen molar-refractivity contribution in [1.82, 2.24) is 4.90 Å². The van der Waals surface area contributed by atoms with E-state index >= 15 is 0 Å². The van der Waals surface area contributed by atoms with Crippen molar-refractivity contribution in [1.29, 1.82) is 0 Å². The molecule has 156 valence electrons. The maximum absolute atomic E-state index is 13.5. The molecule has 30 heavy (non-hydrogen) atoms. The summed E-state index contributed by atoms with van der Waals surface area (Å²) in [5.74, 6) is -1.60. The van der Waals surface area contributed by atoms with Gasteiger partial charge in [0, 0.05) is 24.0 Å². The third-order valence-corrected chi connectivity index (χ3v) is 4.77. The monoisotopic (exact) mass is 409 g/mol. The van der Waals surface area contributed by atoms with E-state index in [1.807, 2.05) is 6.07 Å². The zero-order chi connectivity index (χ0) is 21.9. The van der Waals surface area contributed by atoms with E-state index in [9.17, 15) is 18.8 Å². The summed E-state index contributed by atoms with van der Waals surface area (Å²) in [6.45, 7) is 5.14. The van der Waals surface area contributed by atoms with Crippen LogP contribution in [0.25, 0.3) is 0 Å². The molecule has 1 aliphatic rings. The summed E-state index contributed by atoms with van der Waals surface area (Å²) in [5, 5.41) is 0. The third kappa shape index (κ3) is 5.00. The highest BCUT2D eigenvalue weighted by atomic mass is 19.1. The van der Waals surface area contributed by atoms with Gasteiger partial charge in [-0.2, -0.15) is 0 Å². The molecule has 1 aliphatic heterocycles. The second-order valence-corrected chi connectivity index (χ2v) is 8.19. The average molecular weight is 409 g/mol. The lowest BCUT2D eigenvalue weighted by Gasteiger charge is -2.32. The van der Waals surface area contributed by atoms with Crippen LogP contribution in [0.5, 0.6) is 0 Å². The van der Waals surface area contributed by atoms with Crippen LogP contribution in [0.1, 0.15) is 49.0 Å². The molecule has 1 heterocycles. The Morgan fingerprint density at radius 2 is 1.70 bits per heavy atom. The van der Waals surface area contributed by atoms with Crippen molar-refractivity contribution < 1.29 is 23.5 Å². The van der Waals surface area contributed by atoms with Gasteiger partial charge in [-0.1, -0.05) is 48.5 Å². The summed E-state index contributed by atoms with van der Waals surface area (Å²) in [4.78, 5) is 39.1. The minimum Gasteiger partial charge on any atom is -0.443 e. The molecule has 6 heteroatoms. The molecule has 0 radical (unpaired) electrons. The molecule has 0 saturated carbocycles. The summed E-state index contributed by atoms with van der Waals surface area (Å²) in [7, 11) is 0. The number of imide groups is 1. The van der Waals surface area contributed by atoms with Gasteiger partial charge in [0.15, 0.2) is 5.78 Å². The lowest BCUT2D eigenvalue weighted by atomic mass is 9.85. The van der Waals surface area contributed by atoms with E-state index in [0.717, 1.165) is 4.90 Å². The molecular weight excluding hydrogens is 385 g/mol. The Morgan fingerprint density at radius 1 is 1.07 bits per heavy atom. The molecule has 0 N–H and O–H groups in total. The van der Waals surface area contributed by atoms with Crippen molar-refractivity contribution in [2.45, 2.75) is 44.8 Å². The first-order valence-electron chi connectivity index (χ1n) is 9.74. The van der Waals surface area contributed by atoms with Gasteiger partial charge in [-0.05, 0) is 38.5 Å². The van der Waals surface area contributed by atoms with Crippen molar-refractivity contribution in [2.24, 2.45) is 0 Å². The van der Waals surface area contributed by atoms with Crippen molar-refractivity contribution >= 4 is 17.8 Å². The lowest BCUT2D eigenvalue weighted by Crippen LogP contribution is -2.45. The summed E-state index contributed by atoms with van der Waals surface area (Å²) < 4.78 is 18.9. The maximum atomic E-state index is 13.5. The van der Waals surface area contributed by atoms with Crippen LogP contribution in [-0.4, -0.2) is 34.3 Å². The second kappa shape index (κ2) is 8.61. The number of rotatable bonds is 5. The van der Waals surface area contributed by atoms with Gasteiger partial charge in [0.2, 0.25) is 0 Å². The Balaban J connectivity index is 1.95. The molecule has 5 nitrogen and oxygen atoms in total. The summed E-state index contributed by atoms with van der Waals surface area (Å²) >= 11 is 0. The smallest absolute Gasteiger partial charge is 0.417 e. The number of carbonyl (C=O) groups is 3. The first-order valence-corrected chi connectivity index (χ1v) is 9.74. The Labute approximate surface area is 175 Å². The molecule has 0 unspecified atom stereocenters. The van der Waals surface area contributed by atoms with Crippen LogP contribution in [0.4, 0.5) is 9.18 Å². The van der Waals surface area contributed by atoms with Crippen LogP contribution in [0.3, 0.4) is 0 Å². The second-order valence-electron chi connectivity index (χ2n) is 8.19. The molecular formula is C24H24FNO4. The van der Waals surface area contributed by atoms with Crippen LogP contribution >= 0.6 is 0 Å². The zero-order valence-electron chi connectivity index (χ0n) is 17.2. The number of benzene rings is 2. The van der Waals surface area contributed by atoms with Gasteiger partial charge in [-0.25, -0.2) is 14.1 Å². The number of Topliss-reactive ketones (excluding diaryl/α,β-unsaturated/α-hetero) is 1. The highest BCUT2D eigenvalue weighted by Crippen LogP contribution is 2.33. The van der Waals surface area contributed by atoms with Crippen LogP contribution in [0.15, 0.2) is 66.7 Å². The lowest BCUT2D eigenvalue weighted by molar-refractivity contribution is -0.125. The van der Waals surface area contributed by atoms with Gasteiger partial charge < -0.3 is 4.74 Å². The van der Waals surface area contributed by atoms with Crippen molar-refractivity contribution in [2.75, 3.05) is 0 Å². The fourth-order valence-corrected chi connectivity index (χ4v) is 3.42. The number of halogens is 1. The zero-order valence-corrected chi connectivity index (χ0v) is 17.2. The molecule has 0 aliphatic carbocycles. The van der Waals surface area contributed by atoms with E-state index in [2.05, 4.69) is 0 Å². The van der Waals surface area contributed by atoms with E-state index in [0.29, 0.717) is 11.1 Å². The Hall–Kier alpha value is -3.28. The number of ketones is 1. The molecule has 0 saturated heterocycles. The molecule has 2 amide bonds. The minimum atomic E-state index is -0.782. The van der Waals surface area contributed by atoms with Crippen LogP contribution in [0, 0.1) is 5.82 Å². The summed E-state index contributed by atoms with van der Waals surface area (Å²) in [5.41, 5.74) is 0.399. The molecule has 0 bridgehead atoms. The molecule has 2 aromatic rings. The fourth-order valence-electron chi connectivity index (χ4n) is 3.42. The highest BCUT2D eigenvalue weighted by Gasteiger charge is 2.40. The molecule has 3 rings (SSSR count). The maximum Gasteiger partial charge on any atom is 0.417 e. The topological polar surface area (TPSA) is 63.7 Å². The predicted octanol–water partition coefficient (Wildman–Crippen LogP) is 4.88. The van der Waals surface area contributed by atoms with Gasteiger partial charge in [0.25, 0.3) is 5.91 Å². The van der Waals surface area contributed by atoms with Crippen LogP contribution < -0.4 is 0 Å². The fraction of sp³-hybridized carbons (Fsp3) is 0.292. The van der Waals surface area contributed by atoms with E-state index in [4.69, 9.17) is 4.74 Å². The number of amides is 2. The Morgan fingerprint density at radius 3 is 2.30 bits per heavy atom. The standard InChI is InChI=1S/C24H24FNO4/c1-24(2,3)30-23(29)26-20(13-14-22(26)28)19(16-9-11-18(25)12-10-16)15-21(27)17-7-5-4-6-8-17/h4-14,19-20H,15H2,1-3H3/t19-,20+/m1/s1. The number of hydrogen-bond donors (Lipinski definition) is 0. The van der Waals surface area contributed by atoms with Crippen LogP contribution in [-0.2, 0) is 9.53 Å². The van der Waals surface area contributed by atoms with Crippen molar-refractivity contribution in [3.05, 3.63) is 83.7 Å². The van der Waals surface area contributed by atoms with Crippen molar-refractivity contribution in [3.63, 3.8) is 0 Å². The van der Waals surface area contributed by atoms with Gasteiger partial charge in [0.05, 0.1) is 6.04 Å². The molecule has 0 fully saturated rings. The number of ether oxygens (including phenoxy) is 1. The molecule has 0 spiro atoms. The SMILES string of the molecule is CC(C)(C)OC(=O)N1C(=O)C=C[C@H]1[C@H](CC(=O)c1ccccc1)c1ccc(F)cc1. The normalized spacial score (nSPS) is 17.1. The Bertz CT molecular complexity index is 961. The largest absolute Gasteiger partial charge is 0.443 e. The summed E-state index contributed by atoms with van der Waals surface area (Å²) in [6.07, 6.45) is 2.16. The van der Waals surface area contributed by atoms with E-state index < -0.39 is 35.4 Å². The van der Waals surface area contributed by atoms with Gasteiger partial charge >= 0.3 is 6.09 Å². The van der Waals surface area contributed by atoms with Gasteiger partial charge in [0.1, 0.15) is 11.4 Å². The van der Waals surface area contributed by atoms with Gasteiger partial charge in [-0.3, -0.25) is 9.59 Å². The van der Waals surface area contributed by atoms with E-state index in [-0.39, 0.29) is 12.2 Å². The number of hydrogen-bond acceptors (Lipinski definition) is 4.